The normalized spacial score (nSPS) is 12.7. The number of hydrogen-bond acceptors (Lipinski definition) is 1. The molecule has 0 N–H and O–H groups in total. The summed E-state index contributed by atoms with van der Waals surface area (Å²) in [6.07, 6.45) is 0. The van der Waals surface area contributed by atoms with Crippen molar-refractivity contribution in [1.82, 2.24) is 0 Å². The Bertz CT molecular complexity index is 614. The van der Waals surface area contributed by atoms with E-state index in [1.54, 1.807) is 0 Å². The second-order valence-corrected chi connectivity index (χ2v) is 11.8. The molecule has 0 heterocycles. The van der Waals surface area contributed by atoms with Gasteiger partial charge in [-0.3, -0.25) is 0 Å². The quantitative estimate of drug-likeness (QED) is 0.502. The van der Waals surface area contributed by atoms with E-state index in [0.717, 1.165) is 11.3 Å². The van der Waals surface area contributed by atoms with Crippen molar-refractivity contribution in [3.05, 3.63) is 42.0 Å². The Hall–Kier alpha value is -0.993. The molecule has 0 aliphatic heterocycles. The van der Waals surface area contributed by atoms with E-state index in [1.165, 1.54) is 10.8 Å². The SMILES string of the molecule is CC(C)(C)[Si](C)(C)Oc1ccc2ccccc2c1CCl. The lowest BCUT2D eigenvalue weighted by Gasteiger charge is -2.37. The minimum Gasteiger partial charge on any atom is -0.543 e. The topological polar surface area (TPSA) is 9.23 Å². The van der Waals surface area contributed by atoms with Crippen LogP contribution in [0.15, 0.2) is 36.4 Å². The largest absolute Gasteiger partial charge is 0.543 e. The molecular formula is C17H23ClOSi. The summed E-state index contributed by atoms with van der Waals surface area (Å²) in [7, 11) is -1.84. The zero-order valence-electron chi connectivity index (χ0n) is 13.0. The third-order valence-electron chi connectivity index (χ3n) is 4.30. The molecule has 2 aromatic carbocycles. The Kier molecular flexibility index (Phi) is 4.17. The summed E-state index contributed by atoms with van der Waals surface area (Å²) in [6.45, 7) is 11.3. The Balaban J connectivity index is 2.50. The van der Waals surface area contributed by atoms with Gasteiger partial charge in [0.15, 0.2) is 0 Å². The average molecular weight is 307 g/mol. The first kappa shape index (κ1) is 15.4. The van der Waals surface area contributed by atoms with Crippen molar-refractivity contribution in [3.63, 3.8) is 0 Å². The molecule has 2 rings (SSSR count). The maximum absolute atomic E-state index is 6.45. The minimum absolute atomic E-state index is 0.183. The predicted molar refractivity (Wildman–Crippen MR) is 91.3 cm³/mol. The number of fused-ring (bicyclic) bond motifs is 1. The van der Waals surface area contributed by atoms with Crippen LogP contribution in [0.1, 0.15) is 26.3 Å². The molecule has 1 nitrogen and oxygen atoms in total. The molecule has 0 aliphatic rings. The number of hydrogen-bond donors (Lipinski definition) is 0. The Morgan fingerprint density at radius 3 is 2.30 bits per heavy atom. The number of alkyl halides is 1. The van der Waals surface area contributed by atoms with Gasteiger partial charge in [0.2, 0.25) is 8.32 Å². The van der Waals surface area contributed by atoms with Crippen molar-refractivity contribution in [2.75, 3.05) is 0 Å². The zero-order valence-corrected chi connectivity index (χ0v) is 14.7. The molecule has 0 amide bonds. The second kappa shape index (κ2) is 5.42. The molecule has 0 atom stereocenters. The lowest BCUT2D eigenvalue weighted by atomic mass is 10.1. The average Bonchev–Trinajstić information content (AvgIpc) is 2.36. The fourth-order valence-corrected chi connectivity index (χ4v) is 3.30. The Labute approximate surface area is 128 Å². The maximum atomic E-state index is 6.45. The van der Waals surface area contributed by atoms with Crippen LogP contribution in [0.4, 0.5) is 0 Å². The van der Waals surface area contributed by atoms with Gasteiger partial charge in [0.05, 0.1) is 5.88 Å². The lowest BCUT2D eigenvalue weighted by molar-refractivity contribution is 0.489. The Morgan fingerprint density at radius 1 is 1.05 bits per heavy atom. The van der Waals surface area contributed by atoms with E-state index in [2.05, 4.69) is 70.3 Å². The van der Waals surface area contributed by atoms with Crippen LogP contribution < -0.4 is 4.43 Å². The molecule has 0 unspecified atom stereocenters. The van der Waals surface area contributed by atoms with Crippen LogP contribution in [0.2, 0.25) is 18.1 Å². The second-order valence-electron chi connectivity index (χ2n) is 6.76. The molecule has 0 aromatic heterocycles. The van der Waals surface area contributed by atoms with Crippen molar-refractivity contribution in [3.8, 4) is 5.75 Å². The molecule has 0 saturated heterocycles. The van der Waals surface area contributed by atoms with E-state index in [9.17, 15) is 0 Å². The highest BCUT2D eigenvalue weighted by molar-refractivity contribution is 6.74. The van der Waals surface area contributed by atoms with Gasteiger partial charge in [0.25, 0.3) is 0 Å². The molecule has 0 radical (unpaired) electrons. The van der Waals surface area contributed by atoms with Crippen LogP contribution >= 0.6 is 11.6 Å². The summed E-state index contributed by atoms with van der Waals surface area (Å²) in [4.78, 5) is 0. The highest BCUT2D eigenvalue weighted by Gasteiger charge is 2.39. The van der Waals surface area contributed by atoms with Gasteiger partial charge in [-0.05, 0) is 35.0 Å². The van der Waals surface area contributed by atoms with Crippen molar-refractivity contribution in [1.29, 1.82) is 0 Å². The number of halogens is 1. The number of rotatable bonds is 3. The molecule has 0 bridgehead atoms. The maximum Gasteiger partial charge on any atom is 0.250 e. The summed E-state index contributed by atoms with van der Waals surface area (Å²) < 4.78 is 6.45. The summed E-state index contributed by atoms with van der Waals surface area (Å²) in [5.41, 5.74) is 1.11. The Morgan fingerprint density at radius 2 is 1.70 bits per heavy atom. The zero-order chi connectivity index (χ0) is 15.0. The molecule has 2 aromatic rings. The first-order valence-electron chi connectivity index (χ1n) is 7.02. The van der Waals surface area contributed by atoms with Crippen LogP contribution in [0.3, 0.4) is 0 Å². The van der Waals surface area contributed by atoms with Crippen molar-refractivity contribution < 1.29 is 4.43 Å². The van der Waals surface area contributed by atoms with Gasteiger partial charge in [0.1, 0.15) is 5.75 Å². The molecule has 0 spiro atoms. The van der Waals surface area contributed by atoms with Gasteiger partial charge in [-0.15, -0.1) is 11.6 Å². The van der Waals surface area contributed by atoms with Crippen LogP contribution in [0, 0.1) is 0 Å². The number of benzene rings is 2. The summed E-state index contributed by atoms with van der Waals surface area (Å²) >= 11 is 6.19. The van der Waals surface area contributed by atoms with Gasteiger partial charge >= 0.3 is 0 Å². The molecule has 20 heavy (non-hydrogen) atoms. The lowest BCUT2D eigenvalue weighted by Crippen LogP contribution is -2.44. The minimum atomic E-state index is -1.84. The highest BCUT2D eigenvalue weighted by atomic mass is 35.5. The molecule has 0 aliphatic carbocycles. The van der Waals surface area contributed by atoms with Crippen LogP contribution in [0.25, 0.3) is 10.8 Å². The summed E-state index contributed by atoms with van der Waals surface area (Å²) in [6, 6.07) is 12.5. The van der Waals surface area contributed by atoms with Crippen molar-refractivity contribution in [2.45, 2.75) is 44.8 Å². The van der Waals surface area contributed by atoms with E-state index in [1.807, 2.05) is 0 Å². The van der Waals surface area contributed by atoms with Gasteiger partial charge in [0, 0.05) is 5.56 Å². The van der Waals surface area contributed by atoms with Crippen LogP contribution in [0.5, 0.6) is 5.75 Å². The van der Waals surface area contributed by atoms with Crippen LogP contribution in [-0.4, -0.2) is 8.32 Å². The van der Waals surface area contributed by atoms with Gasteiger partial charge < -0.3 is 4.43 Å². The van der Waals surface area contributed by atoms with E-state index >= 15 is 0 Å². The van der Waals surface area contributed by atoms with E-state index in [-0.39, 0.29) is 5.04 Å². The fraction of sp³-hybridized carbons (Fsp3) is 0.412. The third-order valence-corrected chi connectivity index (χ3v) is 8.91. The standard InChI is InChI=1S/C17H23ClOSi/c1-17(2,3)20(4,5)19-16-11-10-13-8-6-7-9-14(13)15(16)12-18/h6-11H,12H2,1-5H3. The third kappa shape index (κ3) is 2.86. The highest BCUT2D eigenvalue weighted by Crippen LogP contribution is 2.39. The molecule has 0 fully saturated rings. The first-order chi connectivity index (χ1) is 9.26. The summed E-state index contributed by atoms with van der Waals surface area (Å²) in [5, 5.41) is 2.59. The summed E-state index contributed by atoms with van der Waals surface area (Å²) in [5.74, 6) is 1.43. The smallest absolute Gasteiger partial charge is 0.250 e. The van der Waals surface area contributed by atoms with Gasteiger partial charge in [-0.2, -0.15) is 0 Å². The molecular weight excluding hydrogens is 284 g/mol. The van der Waals surface area contributed by atoms with Crippen molar-refractivity contribution in [2.24, 2.45) is 0 Å². The molecule has 0 saturated carbocycles. The predicted octanol–water partition coefficient (Wildman–Crippen LogP) is 5.96. The van der Waals surface area contributed by atoms with Gasteiger partial charge in [-0.1, -0.05) is 51.1 Å². The van der Waals surface area contributed by atoms with E-state index in [0.29, 0.717) is 5.88 Å². The first-order valence-corrected chi connectivity index (χ1v) is 10.5. The fourth-order valence-electron chi connectivity index (χ4n) is 1.98. The van der Waals surface area contributed by atoms with E-state index < -0.39 is 8.32 Å². The van der Waals surface area contributed by atoms with Gasteiger partial charge in [-0.25, -0.2) is 0 Å². The van der Waals surface area contributed by atoms with E-state index in [4.69, 9.17) is 16.0 Å². The monoisotopic (exact) mass is 306 g/mol. The van der Waals surface area contributed by atoms with Crippen molar-refractivity contribution >= 4 is 30.7 Å². The molecule has 3 heteroatoms. The van der Waals surface area contributed by atoms with Crippen LogP contribution in [-0.2, 0) is 5.88 Å². The molecule has 108 valence electrons.